The molecule has 0 atom stereocenters. The summed E-state index contributed by atoms with van der Waals surface area (Å²) in [5.41, 5.74) is 9.90. The summed E-state index contributed by atoms with van der Waals surface area (Å²) in [6.45, 7) is 21.2. The Labute approximate surface area is 267 Å². The van der Waals surface area contributed by atoms with Gasteiger partial charge in [-0.3, -0.25) is 0 Å². The molecule has 0 aromatic heterocycles. The highest BCUT2D eigenvalue weighted by molar-refractivity contribution is 5.46. The van der Waals surface area contributed by atoms with Crippen LogP contribution in [0.15, 0.2) is 179 Å². The molecule has 0 saturated heterocycles. The molecule has 0 fully saturated rings. The molecular formula is C41H49N3. The highest BCUT2D eigenvalue weighted by Gasteiger charge is 2.12. The van der Waals surface area contributed by atoms with Crippen LogP contribution in [0.5, 0.6) is 0 Å². The molecule has 0 heterocycles. The van der Waals surface area contributed by atoms with Gasteiger partial charge in [-0.05, 0) is 95.9 Å². The topological polar surface area (TPSA) is 30.3 Å². The summed E-state index contributed by atoms with van der Waals surface area (Å²) in [5, 5.41) is 9.22. The van der Waals surface area contributed by atoms with Crippen molar-refractivity contribution in [3.05, 3.63) is 179 Å². The van der Waals surface area contributed by atoms with Gasteiger partial charge in [-0.1, -0.05) is 103 Å². The number of hydrogen-bond donors (Lipinski definition) is 0. The molecule has 228 valence electrons. The third kappa shape index (κ3) is 12.6. The lowest BCUT2D eigenvalue weighted by atomic mass is 10.1. The van der Waals surface area contributed by atoms with Crippen LogP contribution < -0.4 is 0 Å². The SMILES string of the molecule is C=C/C=C\CC=C(C)N(/C=C/C(=C)C#N)C1=CC=C(/C(C)=C/C=C(\C)N(C/C(C)=C\C=C(C)C)C2=CC=CCC=C2)C=CC1. The van der Waals surface area contributed by atoms with Crippen molar-refractivity contribution in [3.8, 4) is 6.07 Å². The van der Waals surface area contributed by atoms with Crippen LogP contribution in [-0.4, -0.2) is 16.3 Å². The average molecular weight is 584 g/mol. The second-order valence-electron chi connectivity index (χ2n) is 11.1. The smallest absolute Gasteiger partial charge is 0.0985 e. The van der Waals surface area contributed by atoms with E-state index in [1.54, 1.807) is 12.2 Å². The maximum Gasteiger partial charge on any atom is 0.0985 e. The molecule has 0 spiro atoms. The Balaban J connectivity index is 2.41. The number of rotatable bonds is 14. The maximum atomic E-state index is 9.22. The summed E-state index contributed by atoms with van der Waals surface area (Å²) in [6.07, 6.45) is 42.6. The monoisotopic (exact) mass is 583 g/mol. The molecule has 0 aromatic rings. The van der Waals surface area contributed by atoms with Crippen molar-refractivity contribution in [2.24, 2.45) is 0 Å². The van der Waals surface area contributed by atoms with E-state index in [1.165, 1.54) is 28.1 Å². The molecule has 2 rings (SSSR count). The lowest BCUT2D eigenvalue weighted by molar-refractivity contribution is 0.476. The zero-order valence-corrected chi connectivity index (χ0v) is 27.6. The van der Waals surface area contributed by atoms with Crippen LogP contribution in [0.4, 0.5) is 0 Å². The van der Waals surface area contributed by atoms with Gasteiger partial charge in [0.05, 0.1) is 6.07 Å². The van der Waals surface area contributed by atoms with E-state index in [2.05, 4.69) is 162 Å². The second kappa shape index (κ2) is 19.4. The summed E-state index contributed by atoms with van der Waals surface area (Å²) in [4.78, 5) is 4.50. The van der Waals surface area contributed by atoms with Gasteiger partial charge in [0.25, 0.3) is 0 Å². The standard InChI is InChI=1S/C41H49N3/c1-9-10-11-14-18-37(7)43(30-29-34(4)31-42)41-22-17-19-39(27-28-41)36(6)25-26-38(8)44(32-35(5)24-23-33(2)3)40-20-15-12-13-16-21-40/h9-12,15-21,23-30H,1,4,13-14,22,32H2,2-3,5-8H3/b11-10-,30-29+,35-24-,36-25+,37-18?,38-26+. The fraction of sp³-hybridized carbons (Fsp3) is 0.244. The average Bonchev–Trinajstić information content (AvgIpc) is 3.43. The first kappa shape index (κ1) is 35.4. The summed E-state index contributed by atoms with van der Waals surface area (Å²) >= 11 is 0. The predicted octanol–water partition coefficient (Wildman–Crippen LogP) is 11.2. The number of nitrogens with zero attached hydrogens (tertiary/aromatic N) is 3. The van der Waals surface area contributed by atoms with Gasteiger partial charge in [-0.2, -0.15) is 5.26 Å². The number of hydrogen-bond acceptors (Lipinski definition) is 3. The van der Waals surface area contributed by atoms with Gasteiger partial charge in [0, 0.05) is 47.5 Å². The zero-order valence-electron chi connectivity index (χ0n) is 27.6. The van der Waals surface area contributed by atoms with Crippen LogP contribution in [0.3, 0.4) is 0 Å². The van der Waals surface area contributed by atoms with Crippen molar-refractivity contribution in [1.29, 1.82) is 5.26 Å². The quantitative estimate of drug-likeness (QED) is 0.150. The van der Waals surface area contributed by atoms with Gasteiger partial charge in [-0.25, -0.2) is 0 Å². The minimum atomic E-state index is 0.416. The summed E-state index contributed by atoms with van der Waals surface area (Å²) < 4.78 is 0. The molecule has 3 heteroatoms. The molecule has 0 amide bonds. The molecule has 44 heavy (non-hydrogen) atoms. The maximum absolute atomic E-state index is 9.22. The Morgan fingerprint density at radius 2 is 1.73 bits per heavy atom. The third-order valence-corrected chi connectivity index (χ3v) is 7.00. The van der Waals surface area contributed by atoms with E-state index in [0.29, 0.717) is 5.57 Å². The van der Waals surface area contributed by atoms with Gasteiger partial charge in [0.2, 0.25) is 0 Å². The van der Waals surface area contributed by atoms with E-state index < -0.39 is 0 Å². The van der Waals surface area contributed by atoms with E-state index in [1.807, 2.05) is 12.3 Å². The summed E-state index contributed by atoms with van der Waals surface area (Å²) in [7, 11) is 0. The van der Waals surface area contributed by atoms with Crippen molar-refractivity contribution >= 4 is 0 Å². The Kier molecular flexibility index (Phi) is 15.6. The second-order valence-corrected chi connectivity index (χ2v) is 11.1. The van der Waals surface area contributed by atoms with Crippen LogP contribution in [-0.2, 0) is 0 Å². The van der Waals surface area contributed by atoms with E-state index in [4.69, 9.17) is 0 Å². The summed E-state index contributed by atoms with van der Waals surface area (Å²) in [6, 6.07) is 2.10. The van der Waals surface area contributed by atoms with Crippen molar-refractivity contribution in [2.45, 2.75) is 60.8 Å². The van der Waals surface area contributed by atoms with E-state index in [0.717, 1.165) is 42.8 Å². The number of nitriles is 1. The van der Waals surface area contributed by atoms with Crippen molar-refractivity contribution in [3.63, 3.8) is 0 Å². The van der Waals surface area contributed by atoms with Crippen LogP contribution in [0.1, 0.15) is 60.8 Å². The van der Waals surface area contributed by atoms with E-state index in [9.17, 15) is 5.26 Å². The highest BCUT2D eigenvalue weighted by atomic mass is 15.1. The third-order valence-electron chi connectivity index (χ3n) is 7.00. The van der Waals surface area contributed by atoms with Gasteiger partial charge in [0.1, 0.15) is 0 Å². The van der Waals surface area contributed by atoms with E-state index >= 15 is 0 Å². The van der Waals surface area contributed by atoms with Gasteiger partial charge in [-0.15, -0.1) is 0 Å². The largest absolute Gasteiger partial charge is 0.341 e. The Bertz CT molecular complexity index is 1490. The predicted molar refractivity (Wildman–Crippen MR) is 192 cm³/mol. The Hall–Kier alpha value is -4.81. The zero-order chi connectivity index (χ0) is 32.3. The Morgan fingerprint density at radius 1 is 0.932 bits per heavy atom. The minimum absolute atomic E-state index is 0.416. The normalized spacial score (nSPS) is 16.2. The van der Waals surface area contributed by atoms with Crippen LogP contribution in [0.25, 0.3) is 0 Å². The molecule has 0 radical (unpaired) electrons. The van der Waals surface area contributed by atoms with Crippen LogP contribution in [0, 0.1) is 11.3 Å². The Morgan fingerprint density at radius 3 is 2.45 bits per heavy atom. The first-order valence-corrected chi connectivity index (χ1v) is 15.2. The lowest BCUT2D eigenvalue weighted by Crippen LogP contribution is -2.22. The molecule has 0 bridgehead atoms. The van der Waals surface area contributed by atoms with Crippen molar-refractivity contribution in [2.75, 3.05) is 6.54 Å². The van der Waals surface area contributed by atoms with Crippen LogP contribution >= 0.6 is 0 Å². The van der Waals surface area contributed by atoms with Gasteiger partial charge in [0.15, 0.2) is 0 Å². The molecule has 3 nitrogen and oxygen atoms in total. The summed E-state index contributed by atoms with van der Waals surface area (Å²) in [5.74, 6) is 0. The van der Waals surface area contributed by atoms with E-state index in [-0.39, 0.29) is 0 Å². The van der Waals surface area contributed by atoms with Gasteiger partial charge >= 0.3 is 0 Å². The highest BCUT2D eigenvalue weighted by Crippen LogP contribution is 2.25. The van der Waals surface area contributed by atoms with Crippen molar-refractivity contribution in [1.82, 2.24) is 9.80 Å². The first-order valence-electron chi connectivity index (χ1n) is 15.2. The fourth-order valence-electron chi connectivity index (χ4n) is 4.42. The van der Waals surface area contributed by atoms with Crippen molar-refractivity contribution < 1.29 is 0 Å². The molecule has 0 aromatic carbocycles. The molecule has 2 aliphatic carbocycles. The van der Waals surface area contributed by atoms with Crippen LogP contribution in [0.2, 0.25) is 0 Å². The molecule has 0 N–H and O–H groups in total. The molecule has 2 aliphatic rings. The molecule has 0 unspecified atom stereocenters. The molecule has 0 aliphatic heterocycles. The molecule has 0 saturated carbocycles. The minimum Gasteiger partial charge on any atom is -0.341 e. The lowest BCUT2D eigenvalue weighted by Gasteiger charge is -2.27. The number of allylic oxidation sites excluding steroid dienone is 24. The molecular weight excluding hydrogens is 534 g/mol. The fourth-order valence-corrected chi connectivity index (χ4v) is 4.42. The first-order chi connectivity index (χ1) is 21.2. The van der Waals surface area contributed by atoms with Gasteiger partial charge < -0.3 is 9.80 Å².